The minimum Gasteiger partial charge on any atom is -0.400 e. The Morgan fingerprint density at radius 1 is 0.605 bits per heavy atom. The highest BCUT2D eigenvalue weighted by atomic mass is 32.1. The molecule has 0 radical (unpaired) electrons. The molecule has 6 atom stereocenters. The normalized spacial score (nSPS) is 31.6. The van der Waals surface area contributed by atoms with E-state index >= 15 is 0 Å². The molecule has 8 heteroatoms. The summed E-state index contributed by atoms with van der Waals surface area (Å²) in [4.78, 5) is 0. The molecule has 4 N–H and O–H groups in total. The molecule has 0 saturated heterocycles. The molecule has 0 amide bonds. The molecule has 2 aromatic carbocycles. The van der Waals surface area contributed by atoms with Crippen molar-refractivity contribution in [2.75, 3.05) is 0 Å². The third-order valence-corrected chi connectivity index (χ3v) is 9.50. The average molecular weight is 581 g/mol. The molecule has 1 aliphatic carbocycles. The van der Waals surface area contributed by atoms with Gasteiger partial charge in [-0.1, -0.05) is 59.7 Å². The second-order valence-electron chi connectivity index (χ2n) is 10.1. The number of aryl methyl sites for hydroxylation is 2. The van der Waals surface area contributed by atoms with E-state index in [-0.39, 0.29) is 32.8 Å². The fourth-order valence-electron chi connectivity index (χ4n) is 5.00. The summed E-state index contributed by atoms with van der Waals surface area (Å²) in [6, 6.07) is 21.0. The molecule has 3 rings (SSSR count). The highest BCUT2D eigenvalue weighted by Crippen LogP contribution is 2.40. The van der Waals surface area contributed by atoms with Crippen molar-refractivity contribution in [2.24, 2.45) is 11.5 Å². The van der Waals surface area contributed by atoms with E-state index in [4.69, 9.17) is 62.0 Å². The Bertz CT molecular complexity index is 1160. The fraction of sp³-hybridized carbons (Fsp3) is 0.400. The summed E-state index contributed by atoms with van der Waals surface area (Å²) in [6.45, 7) is 4.06. The van der Waals surface area contributed by atoms with E-state index in [2.05, 4.69) is 12.1 Å². The average Bonchev–Trinajstić information content (AvgIpc) is 2.91. The molecular weight excluding hydrogens is 545 g/mol. The standard InChI is InChI=1S/C30H36N4S4/c1-17-3-7-19(8-4-17)27-21(15-31)29(33)25(37)14-12-24(36)28(20-9-5-18(2)6-10-20)22(16-32)30(34)26(38)13-11-23(27)35/h3-10,23-28,35-38H,11-14,33-34H2,1-2H3/b29-21+,30-22+. The summed E-state index contributed by atoms with van der Waals surface area (Å²) < 4.78 is 0. The predicted octanol–water partition coefficient (Wildman–Crippen LogP) is 6.41. The summed E-state index contributed by atoms with van der Waals surface area (Å²) in [5, 5.41) is 19.4. The van der Waals surface area contributed by atoms with Gasteiger partial charge in [-0.25, -0.2) is 0 Å². The highest BCUT2D eigenvalue weighted by Gasteiger charge is 2.32. The van der Waals surface area contributed by atoms with Crippen molar-refractivity contribution in [3.63, 3.8) is 0 Å². The summed E-state index contributed by atoms with van der Waals surface area (Å²) in [6.07, 6.45) is 2.39. The third-order valence-electron chi connectivity index (χ3n) is 7.32. The van der Waals surface area contributed by atoms with Crippen molar-refractivity contribution < 1.29 is 0 Å². The van der Waals surface area contributed by atoms with E-state index in [1.165, 1.54) is 0 Å². The Balaban J connectivity index is 2.11. The second kappa shape index (κ2) is 13.8. The van der Waals surface area contributed by atoms with E-state index in [0.717, 1.165) is 22.3 Å². The first-order valence-corrected chi connectivity index (χ1v) is 14.8. The Hall–Kier alpha value is -2.10. The molecule has 38 heavy (non-hydrogen) atoms. The quantitative estimate of drug-likeness (QED) is 0.231. The van der Waals surface area contributed by atoms with E-state index in [1.54, 1.807) is 0 Å². The van der Waals surface area contributed by atoms with Crippen molar-refractivity contribution in [3.05, 3.63) is 93.3 Å². The molecule has 6 unspecified atom stereocenters. The van der Waals surface area contributed by atoms with Crippen molar-refractivity contribution in [3.8, 4) is 12.1 Å². The van der Waals surface area contributed by atoms with Crippen LogP contribution in [0.2, 0.25) is 0 Å². The topological polar surface area (TPSA) is 99.6 Å². The van der Waals surface area contributed by atoms with Gasteiger partial charge in [-0.2, -0.15) is 61.0 Å². The molecule has 200 valence electrons. The van der Waals surface area contributed by atoms with Gasteiger partial charge in [0.15, 0.2) is 0 Å². The van der Waals surface area contributed by atoms with E-state index in [0.29, 0.717) is 48.2 Å². The molecule has 2 aromatic rings. The van der Waals surface area contributed by atoms with Gasteiger partial charge in [-0.3, -0.25) is 0 Å². The largest absolute Gasteiger partial charge is 0.400 e. The minimum atomic E-state index is -0.348. The number of nitrogens with zero attached hydrogens (tertiary/aromatic N) is 2. The summed E-state index contributed by atoms with van der Waals surface area (Å²) in [5.41, 5.74) is 19.4. The van der Waals surface area contributed by atoms with Gasteiger partial charge in [0, 0.05) is 44.2 Å². The SMILES string of the molecule is Cc1ccc(C2/C(C#N)=C(/N)C(S)CCC(S)C(c3ccc(C)cc3)/C(C#N)=C(/N)C(S)CCC2S)cc1. The zero-order chi connectivity index (χ0) is 28.0. The van der Waals surface area contributed by atoms with Crippen molar-refractivity contribution in [1.82, 2.24) is 0 Å². The molecule has 0 bridgehead atoms. The van der Waals surface area contributed by atoms with Gasteiger partial charge in [0.2, 0.25) is 0 Å². The molecule has 0 saturated carbocycles. The Morgan fingerprint density at radius 2 is 0.921 bits per heavy atom. The molecule has 1 aliphatic rings. The molecule has 0 fully saturated rings. The molecule has 0 spiro atoms. The van der Waals surface area contributed by atoms with E-state index in [9.17, 15) is 10.5 Å². The maximum Gasteiger partial charge on any atom is 0.0972 e. The zero-order valence-corrected chi connectivity index (χ0v) is 25.3. The number of benzene rings is 2. The van der Waals surface area contributed by atoms with Crippen molar-refractivity contribution in [1.29, 1.82) is 10.5 Å². The minimum absolute atomic E-state index is 0.215. The van der Waals surface area contributed by atoms with Crippen LogP contribution in [0.15, 0.2) is 71.1 Å². The van der Waals surface area contributed by atoms with Gasteiger partial charge in [0.05, 0.1) is 23.3 Å². The number of hydrogen-bond acceptors (Lipinski definition) is 8. The van der Waals surface area contributed by atoms with Crippen LogP contribution in [0.4, 0.5) is 0 Å². The number of rotatable bonds is 2. The predicted molar refractivity (Wildman–Crippen MR) is 171 cm³/mol. The number of thiol groups is 4. The van der Waals surface area contributed by atoms with Gasteiger partial charge >= 0.3 is 0 Å². The maximum atomic E-state index is 10.3. The molecule has 4 nitrogen and oxygen atoms in total. The van der Waals surface area contributed by atoms with Crippen LogP contribution < -0.4 is 11.5 Å². The molecule has 0 aliphatic heterocycles. The molecule has 0 heterocycles. The van der Waals surface area contributed by atoms with Gasteiger partial charge < -0.3 is 11.5 Å². The fourth-order valence-corrected chi connectivity index (χ4v) is 6.51. The highest BCUT2D eigenvalue weighted by molar-refractivity contribution is 7.81. The lowest BCUT2D eigenvalue weighted by Gasteiger charge is -2.30. The first-order chi connectivity index (χ1) is 18.1. The number of allylic oxidation sites excluding steroid dienone is 2. The van der Waals surface area contributed by atoms with Gasteiger partial charge in [0.25, 0.3) is 0 Å². The van der Waals surface area contributed by atoms with Crippen molar-refractivity contribution in [2.45, 2.75) is 72.4 Å². The second-order valence-corrected chi connectivity index (χ2v) is 12.6. The van der Waals surface area contributed by atoms with Crippen LogP contribution in [0.1, 0.15) is 59.8 Å². The first kappa shape index (κ1) is 30.4. The van der Waals surface area contributed by atoms with Crippen LogP contribution >= 0.6 is 50.5 Å². The van der Waals surface area contributed by atoms with E-state index in [1.807, 2.05) is 62.4 Å². The Morgan fingerprint density at radius 3 is 1.21 bits per heavy atom. The summed E-state index contributed by atoms with van der Waals surface area (Å²) in [5.74, 6) is -0.621. The maximum absolute atomic E-state index is 10.3. The Kier molecular flexibility index (Phi) is 11.1. The lowest BCUT2D eigenvalue weighted by Crippen LogP contribution is -2.27. The smallest absolute Gasteiger partial charge is 0.0972 e. The van der Waals surface area contributed by atoms with Gasteiger partial charge in [-0.05, 0) is 50.7 Å². The number of hydrogen-bond donors (Lipinski definition) is 6. The van der Waals surface area contributed by atoms with Crippen LogP contribution in [0.3, 0.4) is 0 Å². The lowest BCUT2D eigenvalue weighted by atomic mass is 9.82. The summed E-state index contributed by atoms with van der Waals surface area (Å²) in [7, 11) is 0. The van der Waals surface area contributed by atoms with Gasteiger partial charge in [-0.15, -0.1) is 0 Å². The van der Waals surface area contributed by atoms with Crippen LogP contribution in [-0.4, -0.2) is 21.0 Å². The van der Waals surface area contributed by atoms with Crippen LogP contribution in [0, 0.1) is 36.5 Å². The molecule has 0 aromatic heterocycles. The first-order valence-electron chi connectivity index (χ1n) is 12.7. The number of nitriles is 2. The van der Waals surface area contributed by atoms with E-state index < -0.39 is 0 Å². The zero-order valence-electron chi connectivity index (χ0n) is 21.7. The van der Waals surface area contributed by atoms with Crippen LogP contribution in [0.25, 0.3) is 0 Å². The van der Waals surface area contributed by atoms with Crippen LogP contribution in [0.5, 0.6) is 0 Å². The van der Waals surface area contributed by atoms with Crippen LogP contribution in [-0.2, 0) is 0 Å². The monoisotopic (exact) mass is 580 g/mol. The lowest BCUT2D eigenvalue weighted by molar-refractivity contribution is 0.614. The Labute approximate surface area is 249 Å². The van der Waals surface area contributed by atoms with Crippen molar-refractivity contribution >= 4 is 50.5 Å². The number of nitrogens with two attached hydrogens (primary N) is 2. The third kappa shape index (κ3) is 7.10. The molecular formula is C30H36N4S4. The summed E-state index contributed by atoms with van der Waals surface area (Å²) >= 11 is 19.6. The van der Waals surface area contributed by atoms with Gasteiger partial charge in [0.1, 0.15) is 0 Å².